The third-order valence-corrected chi connectivity index (χ3v) is 4.49. The van der Waals surface area contributed by atoms with Crippen molar-refractivity contribution in [2.24, 2.45) is 5.41 Å². The highest BCUT2D eigenvalue weighted by Crippen LogP contribution is 2.46. The number of aryl methyl sites for hydroxylation is 1. The van der Waals surface area contributed by atoms with E-state index in [1.807, 2.05) is 0 Å². The van der Waals surface area contributed by atoms with Gasteiger partial charge >= 0.3 is 12.1 Å². The Balaban J connectivity index is 2.28. The zero-order valence-corrected chi connectivity index (χ0v) is 11.7. The molecule has 1 unspecified atom stereocenters. The van der Waals surface area contributed by atoms with Crippen LogP contribution in [-0.2, 0) is 4.79 Å². The Bertz CT molecular complexity index is 601. The Labute approximate surface area is 121 Å². The summed E-state index contributed by atoms with van der Waals surface area (Å²) in [4.78, 5) is 28.1. The van der Waals surface area contributed by atoms with Crippen molar-refractivity contribution in [1.82, 2.24) is 9.88 Å². The molecule has 0 spiro atoms. The predicted octanol–water partition coefficient (Wildman–Crippen LogP) is 1.51. The number of nitrogens with two attached hydrogens (primary N) is 1. The van der Waals surface area contributed by atoms with E-state index in [9.17, 15) is 22.8 Å². The lowest BCUT2D eigenvalue weighted by atomic mass is 9.86. The van der Waals surface area contributed by atoms with Crippen molar-refractivity contribution < 1.29 is 27.9 Å². The molecule has 1 aliphatic heterocycles. The Kier molecular flexibility index (Phi) is 3.60. The predicted molar refractivity (Wildman–Crippen MR) is 67.9 cm³/mol. The molecule has 1 saturated heterocycles. The fourth-order valence-electron chi connectivity index (χ4n) is 2.27. The molecule has 0 aromatic carbocycles. The maximum atomic E-state index is 13.0. The standard InChI is InChI=1S/C11H12F3N3O3S/c1-5-6(21-9(15)16-5)7(18)17-3-2-10(4-17,8(19)20)11(12,13)14/h2-4H2,1H3,(H2,15,16)(H,19,20). The maximum absolute atomic E-state index is 13.0. The van der Waals surface area contributed by atoms with Crippen molar-refractivity contribution in [2.75, 3.05) is 18.8 Å². The number of aliphatic carboxylic acids is 1. The number of rotatable bonds is 2. The average molecular weight is 323 g/mol. The van der Waals surface area contributed by atoms with Gasteiger partial charge in [0.15, 0.2) is 10.5 Å². The molecule has 0 bridgehead atoms. The minimum Gasteiger partial charge on any atom is -0.481 e. The molecule has 0 saturated carbocycles. The highest BCUT2D eigenvalue weighted by atomic mass is 32.1. The van der Waals surface area contributed by atoms with Gasteiger partial charge in [-0.3, -0.25) is 9.59 Å². The summed E-state index contributed by atoms with van der Waals surface area (Å²) in [6.07, 6.45) is -5.58. The number of nitrogens with zero attached hydrogens (tertiary/aromatic N) is 2. The number of aromatic nitrogens is 1. The van der Waals surface area contributed by atoms with Gasteiger partial charge in [0.25, 0.3) is 5.91 Å². The molecule has 0 radical (unpaired) electrons. The van der Waals surface area contributed by atoms with Crippen molar-refractivity contribution in [3.63, 3.8) is 0 Å². The molecule has 6 nitrogen and oxygen atoms in total. The molecule has 1 aliphatic rings. The topological polar surface area (TPSA) is 96.5 Å². The number of alkyl halides is 3. The normalized spacial score (nSPS) is 22.6. The van der Waals surface area contributed by atoms with E-state index in [0.717, 1.165) is 16.2 Å². The van der Waals surface area contributed by atoms with Gasteiger partial charge in [-0.25, -0.2) is 4.98 Å². The summed E-state index contributed by atoms with van der Waals surface area (Å²) in [7, 11) is 0. The van der Waals surface area contributed by atoms with Crippen LogP contribution in [0.4, 0.5) is 18.3 Å². The number of carbonyl (C=O) groups excluding carboxylic acids is 1. The molecular formula is C11H12F3N3O3S. The van der Waals surface area contributed by atoms with E-state index in [1.165, 1.54) is 6.92 Å². The maximum Gasteiger partial charge on any atom is 0.406 e. The van der Waals surface area contributed by atoms with Crippen LogP contribution in [0.2, 0.25) is 0 Å². The van der Waals surface area contributed by atoms with E-state index in [0.29, 0.717) is 5.69 Å². The van der Waals surface area contributed by atoms with Crippen molar-refractivity contribution >= 4 is 28.3 Å². The fourth-order valence-corrected chi connectivity index (χ4v) is 3.07. The number of amides is 1. The van der Waals surface area contributed by atoms with Crippen LogP contribution in [0.1, 0.15) is 21.8 Å². The smallest absolute Gasteiger partial charge is 0.406 e. The van der Waals surface area contributed by atoms with Gasteiger partial charge < -0.3 is 15.7 Å². The largest absolute Gasteiger partial charge is 0.481 e. The van der Waals surface area contributed by atoms with Gasteiger partial charge in [-0.1, -0.05) is 11.3 Å². The summed E-state index contributed by atoms with van der Waals surface area (Å²) in [5.74, 6) is -2.64. The highest BCUT2D eigenvalue weighted by molar-refractivity contribution is 7.17. The summed E-state index contributed by atoms with van der Waals surface area (Å²) < 4.78 is 39.1. The molecule has 1 aromatic rings. The minimum absolute atomic E-state index is 0.135. The molecule has 1 amide bonds. The molecule has 0 aliphatic carbocycles. The van der Waals surface area contributed by atoms with Gasteiger partial charge in [0, 0.05) is 13.1 Å². The molecule has 10 heteroatoms. The first kappa shape index (κ1) is 15.5. The SMILES string of the molecule is Cc1nc(N)sc1C(=O)N1CCC(C(=O)O)(C(F)(F)F)C1. The van der Waals surface area contributed by atoms with Crippen LogP contribution in [0.15, 0.2) is 0 Å². The van der Waals surface area contributed by atoms with Crippen LogP contribution in [0, 0.1) is 12.3 Å². The highest BCUT2D eigenvalue weighted by Gasteiger charge is 2.64. The second-order valence-electron chi connectivity index (χ2n) is 4.83. The van der Waals surface area contributed by atoms with E-state index in [2.05, 4.69) is 4.98 Å². The summed E-state index contributed by atoms with van der Waals surface area (Å²) in [6.45, 7) is 0.341. The molecule has 1 fully saturated rings. The molecule has 1 aromatic heterocycles. The van der Waals surface area contributed by atoms with Crippen LogP contribution in [-0.4, -0.2) is 46.1 Å². The van der Waals surface area contributed by atoms with Crippen molar-refractivity contribution in [2.45, 2.75) is 19.5 Å². The Morgan fingerprint density at radius 3 is 2.48 bits per heavy atom. The monoisotopic (exact) mass is 323 g/mol. The first-order chi connectivity index (χ1) is 9.58. The van der Waals surface area contributed by atoms with Gasteiger partial charge in [-0.15, -0.1) is 0 Å². The van der Waals surface area contributed by atoms with Crippen LogP contribution in [0.3, 0.4) is 0 Å². The Morgan fingerprint density at radius 1 is 1.48 bits per heavy atom. The summed E-state index contributed by atoms with van der Waals surface area (Å²) in [5.41, 5.74) is 2.86. The molecule has 2 heterocycles. The summed E-state index contributed by atoms with van der Waals surface area (Å²) >= 11 is 0.872. The Morgan fingerprint density at radius 2 is 2.10 bits per heavy atom. The summed E-state index contributed by atoms with van der Waals surface area (Å²) in [5, 5.41) is 9.08. The number of carbonyl (C=O) groups is 2. The van der Waals surface area contributed by atoms with Crippen LogP contribution in [0.5, 0.6) is 0 Å². The van der Waals surface area contributed by atoms with Crippen LogP contribution < -0.4 is 5.73 Å². The van der Waals surface area contributed by atoms with Gasteiger partial charge in [0.1, 0.15) is 4.88 Å². The number of nitrogen functional groups attached to an aromatic ring is 1. The minimum atomic E-state index is -4.92. The molecule has 21 heavy (non-hydrogen) atoms. The van der Waals surface area contributed by atoms with Crippen molar-refractivity contribution in [3.05, 3.63) is 10.6 Å². The lowest BCUT2D eigenvalue weighted by Crippen LogP contribution is -2.47. The number of hydrogen-bond donors (Lipinski definition) is 2. The zero-order valence-electron chi connectivity index (χ0n) is 10.9. The first-order valence-corrected chi connectivity index (χ1v) is 6.72. The number of carboxylic acid groups (broad SMARTS) is 1. The number of anilines is 1. The molecular weight excluding hydrogens is 311 g/mol. The van der Waals surface area contributed by atoms with E-state index in [4.69, 9.17) is 10.8 Å². The zero-order chi connectivity index (χ0) is 16.0. The van der Waals surface area contributed by atoms with Crippen LogP contribution in [0.25, 0.3) is 0 Å². The quantitative estimate of drug-likeness (QED) is 0.860. The third kappa shape index (κ3) is 2.43. The van der Waals surface area contributed by atoms with Gasteiger partial charge in [0.05, 0.1) is 5.69 Å². The van der Waals surface area contributed by atoms with Crippen LogP contribution >= 0.6 is 11.3 Å². The van der Waals surface area contributed by atoms with E-state index < -0.39 is 36.4 Å². The first-order valence-electron chi connectivity index (χ1n) is 5.91. The lowest BCUT2D eigenvalue weighted by Gasteiger charge is -2.27. The number of carboxylic acids is 1. The van der Waals surface area contributed by atoms with Gasteiger partial charge in [-0.05, 0) is 13.3 Å². The molecule has 1 atom stereocenters. The summed E-state index contributed by atoms with van der Waals surface area (Å²) in [6, 6.07) is 0. The Hall–Kier alpha value is -1.84. The number of halogens is 3. The molecule has 3 N–H and O–H groups in total. The third-order valence-electron chi connectivity index (χ3n) is 3.52. The van der Waals surface area contributed by atoms with E-state index in [1.54, 1.807) is 0 Å². The lowest BCUT2D eigenvalue weighted by molar-refractivity contribution is -0.227. The second-order valence-corrected chi connectivity index (χ2v) is 5.86. The van der Waals surface area contributed by atoms with E-state index >= 15 is 0 Å². The second kappa shape index (κ2) is 4.86. The van der Waals surface area contributed by atoms with E-state index in [-0.39, 0.29) is 16.6 Å². The van der Waals surface area contributed by atoms with Crippen molar-refractivity contribution in [1.29, 1.82) is 0 Å². The molecule has 2 rings (SSSR count). The molecule has 116 valence electrons. The number of hydrogen-bond acceptors (Lipinski definition) is 5. The van der Waals surface area contributed by atoms with Gasteiger partial charge in [0.2, 0.25) is 0 Å². The fraction of sp³-hybridized carbons (Fsp3) is 0.545. The van der Waals surface area contributed by atoms with Crippen molar-refractivity contribution in [3.8, 4) is 0 Å². The average Bonchev–Trinajstić information content (AvgIpc) is 2.92. The van der Waals surface area contributed by atoms with Gasteiger partial charge in [-0.2, -0.15) is 13.2 Å². The number of thiazole rings is 1. The number of likely N-dealkylation sites (tertiary alicyclic amines) is 1.